The van der Waals surface area contributed by atoms with Gasteiger partial charge in [0, 0.05) is 5.69 Å². The highest BCUT2D eigenvalue weighted by atomic mass is 19.1. The highest BCUT2D eigenvalue weighted by molar-refractivity contribution is 5.92. The number of hydrazine groups is 1. The van der Waals surface area contributed by atoms with Crippen molar-refractivity contribution >= 4 is 16.6 Å². The van der Waals surface area contributed by atoms with Crippen LogP contribution in [0.25, 0.3) is 10.9 Å². The van der Waals surface area contributed by atoms with Gasteiger partial charge in [0.15, 0.2) is 0 Å². The number of nitrogen functional groups attached to an aromatic ring is 1. The van der Waals surface area contributed by atoms with E-state index in [0.717, 1.165) is 12.1 Å². The summed E-state index contributed by atoms with van der Waals surface area (Å²) in [5, 5.41) is 0.0805. The third-order valence-corrected chi connectivity index (χ3v) is 2.63. The first-order chi connectivity index (χ1) is 8.04. The van der Waals surface area contributed by atoms with Crippen LogP contribution in [0.5, 0.6) is 0 Å². The number of nitrogens with two attached hydrogens (primary N) is 1. The van der Waals surface area contributed by atoms with Gasteiger partial charge in [-0.15, -0.1) is 0 Å². The van der Waals surface area contributed by atoms with Crippen LogP contribution in [0.1, 0.15) is 25.5 Å². The fourth-order valence-corrected chi connectivity index (χ4v) is 1.70. The van der Waals surface area contributed by atoms with E-state index in [1.54, 1.807) is 6.07 Å². The predicted octanol–water partition coefficient (Wildman–Crippen LogP) is 2.92. The van der Waals surface area contributed by atoms with Crippen molar-refractivity contribution in [2.75, 3.05) is 5.43 Å². The molecule has 0 bridgehead atoms. The van der Waals surface area contributed by atoms with Crippen LogP contribution in [0.2, 0.25) is 0 Å². The molecule has 17 heavy (non-hydrogen) atoms. The first-order valence-electron chi connectivity index (χ1n) is 5.30. The molecule has 1 aromatic heterocycles. The minimum atomic E-state index is -0.555. The van der Waals surface area contributed by atoms with Crippen molar-refractivity contribution in [3.63, 3.8) is 0 Å². The molecular weight excluding hydrogens is 224 g/mol. The van der Waals surface area contributed by atoms with Crippen LogP contribution in [0.15, 0.2) is 18.2 Å². The molecular formula is C12H13F2N3. The van der Waals surface area contributed by atoms with E-state index in [2.05, 4.69) is 10.4 Å². The predicted molar refractivity (Wildman–Crippen MR) is 63.6 cm³/mol. The lowest BCUT2D eigenvalue weighted by Crippen LogP contribution is -2.10. The van der Waals surface area contributed by atoms with Gasteiger partial charge < -0.3 is 5.43 Å². The molecule has 0 aliphatic rings. The molecule has 3 nitrogen and oxygen atoms in total. The van der Waals surface area contributed by atoms with Crippen molar-refractivity contribution in [2.24, 2.45) is 5.84 Å². The van der Waals surface area contributed by atoms with E-state index in [9.17, 15) is 8.78 Å². The Bertz CT molecular complexity index is 567. The Morgan fingerprint density at radius 3 is 2.47 bits per heavy atom. The van der Waals surface area contributed by atoms with Gasteiger partial charge in [-0.1, -0.05) is 13.8 Å². The molecule has 90 valence electrons. The van der Waals surface area contributed by atoms with Crippen LogP contribution in [0.4, 0.5) is 14.5 Å². The number of hydrogen-bond acceptors (Lipinski definition) is 3. The zero-order valence-electron chi connectivity index (χ0n) is 9.59. The standard InChI is InChI=1S/C12H13F2N3/c1-6(2)9-5-10(17-15)11-7(13)3-4-8(14)12(11)16-9/h3-6H,15H2,1-2H3,(H,16,17). The fraction of sp³-hybridized carbons (Fsp3) is 0.250. The maximum absolute atomic E-state index is 13.6. The van der Waals surface area contributed by atoms with Crippen molar-refractivity contribution in [3.05, 3.63) is 35.5 Å². The molecule has 0 aliphatic carbocycles. The van der Waals surface area contributed by atoms with Gasteiger partial charge in [-0.3, -0.25) is 5.84 Å². The van der Waals surface area contributed by atoms with E-state index >= 15 is 0 Å². The Kier molecular flexibility index (Phi) is 2.93. The summed E-state index contributed by atoms with van der Waals surface area (Å²) in [6, 6.07) is 3.76. The Balaban J connectivity index is 2.87. The molecule has 1 heterocycles. The van der Waals surface area contributed by atoms with Crippen LogP contribution in [0, 0.1) is 11.6 Å². The number of fused-ring (bicyclic) bond motifs is 1. The van der Waals surface area contributed by atoms with Crippen LogP contribution >= 0.6 is 0 Å². The molecule has 3 N–H and O–H groups in total. The number of anilines is 1. The molecule has 2 aromatic rings. The molecule has 1 aromatic carbocycles. The smallest absolute Gasteiger partial charge is 0.149 e. The summed E-state index contributed by atoms with van der Waals surface area (Å²) in [6.45, 7) is 3.84. The molecule has 0 atom stereocenters. The molecule has 0 spiro atoms. The zero-order valence-corrected chi connectivity index (χ0v) is 9.59. The van der Waals surface area contributed by atoms with Crippen LogP contribution in [-0.4, -0.2) is 4.98 Å². The van der Waals surface area contributed by atoms with Crippen molar-refractivity contribution in [1.29, 1.82) is 0 Å². The van der Waals surface area contributed by atoms with Gasteiger partial charge in [0.1, 0.15) is 17.2 Å². The van der Waals surface area contributed by atoms with E-state index in [1.807, 2.05) is 13.8 Å². The molecule has 5 heteroatoms. The van der Waals surface area contributed by atoms with Gasteiger partial charge >= 0.3 is 0 Å². The Morgan fingerprint density at radius 1 is 1.24 bits per heavy atom. The number of aromatic nitrogens is 1. The fourth-order valence-electron chi connectivity index (χ4n) is 1.70. The van der Waals surface area contributed by atoms with E-state index in [1.165, 1.54) is 0 Å². The van der Waals surface area contributed by atoms with E-state index < -0.39 is 11.6 Å². The van der Waals surface area contributed by atoms with E-state index in [4.69, 9.17) is 5.84 Å². The van der Waals surface area contributed by atoms with Gasteiger partial charge in [0.2, 0.25) is 0 Å². The summed E-state index contributed by atoms with van der Waals surface area (Å²) >= 11 is 0. The maximum Gasteiger partial charge on any atom is 0.149 e. The Hall–Kier alpha value is -1.75. The minimum Gasteiger partial charge on any atom is -0.323 e. The number of nitrogens with zero attached hydrogens (tertiary/aromatic N) is 1. The second-order valence-electron chi connectivity index (χ2n) is 4.15. The molecule has 2 rings (SSSR count). The lowest BCUT2D eigenvalue weighted by molar-refractivity contribution is 0.614. The topological polar surface area (TPSA) is 50.9 Å². The summed E-state index contributed by atoms with van der Waals surface area (Å²) in [5.41, 5.74) is 3.40. The number of pyridine rings is 1. The molecule has 0 fully saturated rings. The van der Waals surface area contributed by atoms with Gasteiger partial charge in [-0.25, -0.2) is 13.8 Å². The average molecular weight is 237 g/mol. The summed E-state index contributed by atoms with van der Waals surface area (Å²) < 4.78 is 27.3. The third kappa shape index (κ3) is 1.93. The van der Waals surface area contributed by atoms with E-state index in [-0.39, 0.29) is 16.8 Å². The highest BCUT2D eigenvalue weighted by Gasteiger charge is 2.14. The molecule has 0 aliphatic heterocycles. The van der Waals surface area contributed by atoms with Gasteiger partial charge in [0.25, 0.3) is 0 Å². The van der Waals surface area contributed by atoms with Crippen molar-refractivity contribution in [2.45, 2.75) is 19.8 Å². The number of halogens is 2. The van der Waals surface area contributed by atoms with Crippen molar-refractivity contribution < 1.29 is 8.78 Å². The van der Waals surface area contributed by atoms with E-state index in [0.29, 0.717) is 11.4 Å². The normalized spacial score (nSPS) is 11.2. The molecule has 0 amide bonds. The lowest BCUT2D eigenvalue weighted by atomic mass is 10.1. The number of benzene rings is 1. The third-order valence-electron chi connectivity index (χ3n) is 2.63. The first-order valence-corrected chi connectivity index (χ1v) is 5.30. The van der Waals surface area contributed by atoms with Gasteiger partial charge in [-0.2, -0.15) is 0 Å². The first kappa shape index (κ1) is 11.7. The second-order valence-corrected chi connectivity index (χ2v) is 4.15. The number of rotatable bonds is 2. The zero-order chi connectivity index (χ0) is 12.6. The number of hydrogen-bond donors (Lipinski definition) is 2. The summed E-state index contributed by atoms with van der Waals surface area (Å²) in [7, 11) is 0. The van der Waals surface area contributed by atoms with Gasteiger partial charge in [0.05, 0.1) is 11.1 Å². The maximum atomic E-state index is 13.6. The molecule has 0 saturated heterocycles. The quantitative estimate of drug-likeness (QED) is 0.623. The molecule has 0 radical (unpaired) electrons. The van der Waals surface area contributed by atoms with Crippen molar-refractivity contribution in [1.82, 2.24) is 4.98 Å². The number of nitrogens with one attached hydrogen (secondary N) is 1. The monoisotopic (exact) mass is 237 g/mol. The summed E-state index contributed by atoms with van der Waals surface area (Å²) in [4.78, 5) is 4.13. The highest BCUT2D eigenvalue weighted by Crippen LogP contribution is 2.29. The summed E-state index contributed by atoms with van der Waals surface area (Å²) in [6.07, 6.45) is 0. The second kappa shape index (κ2) is 4.25. The average Bonchev–Trinajstić information content (AvgIpc) is 2.32. The molecule has 0 unspecified atom stereocenters. The lowest BCUT2D eigenvalue weighted by Gasteiger charge is -2.12. The van der Waals surface area contributed by atoms with Crippen LogP contribution in [-0.2, 0) is 0 Å². The Morgan fingerprint density at radius 2 is 1.88 bits per heavy atom. The van der Waals surface area contributed by atoms with Crippen LogP contribution in [0.3, 0.4) is 0 Å². The van der Waals surface area contributed by atoms with Crippen molar-refractivity contribution in [3.8, 4) is 0 Å². The largest absolute Gasteiger partial charge is 0.323 e. The minimum absolute atomic E-state index is 0.00384. The molecule has 0 saturated carbocycles. The van der Waals surface area contributed by atoms with Crippen LogP contribution < -0.4 is 11.3 Å². The Labute approximate surface area is 97.6 Å². The van der Waals surface area contributed by atoms with Gasteiger partial charge in [-0.05, 0) is 24.1 Å². The SMILES string of the molecule is CC(C)c1cc(NN)c2c(F)ccc(F)c2n1. The summed E-state index contributed by atoms with van der Waals surface area (Å²) in [5.74, 6) is 4.34.